The van der Waals surface area contributed by atoms with Crippen LogP contribution < -0.4 is 5.32 Å². The molecule has 0 bridgehead atoms. The van der Waals surface area contributed by atoms with Crippen LogP contribution in [-0.4, -0.2) is 30.5 Å². The zero-order chi connectivity index (χ0) is 12.7. The first kappa shape index (κ1) is 14.2. The highest BCUT2D eigenvalue weighted by atomic mass is 16.5. The third-order valence-corrected chi connectivity index (χ3v) is 2.45. The van der Waals surface area contributed by atoms with Gasteiger partial charge in [-0.2, -0.15) is 0 Å². The lowest BCUT2D eigenvalue weighted by atomic mass is 10.1. The maximum Gasteiger partial charge on any atom is 0.0897 e. The van der Waals surface area contributed by atoms with E-state index in [1.165, 1.54) is 11.1 Å². The molecule has 0 aromatic heterocycles. The fraction of sp³-hybridized carbons (Fsp3) is 0.571. The molecule has 0 aliphatic carbocycles. The third kappa shape index (κ3) is 6.41. The summed E-state index contributed by atoms with van der Waals surface area (Å²) < 4.78 is 5.33. The van der Waals surface area contributed by atoms with Crippen molar-refractivity contribution in [3.63, 3.8) is 0 Å². The van der Waals surface area contributed by atoms with Gasteiger partial charge in [-0.15, -0.1) is 0 Å². The molecule has 2 N–H and O–H groups in total. The lowest BCUT2D eigenvalue weighted by Crippen LogP contribution is -2.31. The van der Waals surface area contributed by atoms with Crippen LogP contribution in [0.4, 0.5) is 0 Å². The van der Waals surface area contributed by atoms with Gasteiger partial charge in [-0.25, -0.2) is 0 Å². The molecule has 3 heteroatoms. The SMILES string of the molecule is Cc1ccc(CNCC(O)COC(C)C)cc1. The molecule has 17 heavy (non-hydrogen) atoms. The van der Waals surface area contributed by atoms with Crippen molar-refractivity contribution in [2.45, 2.75) is 39.5 Å². The van der Waals surface area contributed by atoms with Gasteiger partial charge in [0.25, 0.3) is 0 Å². The average molecular weight is 237 g/mol. The lowest BCUT2D eigenvalue weighted by Gasteiger charge is -2.14. The topological polar surface area (TPSA) is 41.5 Å². The summed E-state index contributed by atoms with van der Waals surface area (Å²) in [5.41, 5.74) is 2.49. The number of hydrogen-bond donors (Lipinski definition) is 2. The van der Waals surface area contributed by atoms with Crippen LogP contribution >= 0.6 is 0 Å². The zero-order valence-electron chi connectivity index (χ0n) is 10.9. The Bertz CT molecular complexity index is 309. The van der Waals surface area contributed by atoms with Gasteiger partial charge in [0.2, 0.25) is 0 Å². The summed E-state index contributed by atoms with van der Waals surface area (Å²) >= 11 is 0. The van der Waals surface area contributed by atoms with Crippen LogP contribution in [0.2, 0.25) is 0 Å². The quantitative estimate of drug-likeness (QED) is 0.760. The fourth-order valence-corrected chi connectivity index (χ4v) is 1.45. The van der Waals surface area contributed by atoms with E-state index < -0.39 is 6.10 Å². The number of hydrogen-bond acceptors (Lipinski definition) is 3. The molecule has 96 valence electrons. The first-order chi connectivity index (χ1) is 8.08. The standard InChI is InChI=1S/C14H23NO2/c1-11(2)17-10-14(16)9-15-8-13-6-4-12(3)5-7-13/h4-7,11,14-16H,8-10H2,1-3H3. The van der Waals surface area contributed by atoms with Crippen LogP contribution in [-0.2, 0) is 11.3 Å². The number of aliphatic hydroxyl groups is 1. The van der Waals surface area contributed by atoms with Gasteiger partial charge in [0.1, 0.15) is 0 Å². The van der Waals surface area contributed by atoms with Crippen LogP contribution in [0.5, 0.6) is 0 Å². The molecule has 1 aromatic rings. The first-order valence-electron chi connectivity index (χ1n) is 6.14. The Labute approximate surface area is 104 Å². The van der Waals surface area contributed by atoms with E-state index in [1.54, 1.807) is 0 Å². The van der Waals surface area contributed by atoms with Gasteiger partial charge in [0.15, 0.2) is 0 Å². The Morgan fingerprint density at radius 3 is 2.47 bits per heavy atom. The highest BCUT2D eigenvalue weighted by molar-refractivity contribution is 5.20. The van der Waals surface area contributed by atoms with Crippen molar-refractivity contribution >= 4 is 0 Å². The van der Waals surface area contributed by atoms with Crippen LogP contribution in [0.3, 0.4) is 0 Å². The Kier molecular flexibility index (Phi) is 6.19. The van der Waals surface area contributed by atoms with E-state index in [0.717, 1.165) is 6.54 Å². The number of rotatable bonds is 7. The molecule has 0 aliphatic heterocycles. The normalized spacial score (nSPS) is 13.0. The van der Waals surface area contributed by atoms with Gasteiger partial charge in [0.05, 0.1) is 18.8 Å². The minimum absolute atomic E-state index is 0.168. The molecule has 0 heterocycles. The maximum absolute atomic E-state index is 9.63. The van der Waals surface area contributed by atoms with Gasteiger partial charge in [0, 0.05) is 13.1 Å². The maximum atomic E-state index is 9.63. The molecule has 1 atom stereocenters. The second-order valence-electron chi connectivity index (χ2n) is 4.65. The largest absolute Gasteiger partial charge is 0.389 e. The monoisotopic (exact) mass is 237 g/mol. The summed E-state index contributed by atoms with van der Waals surface area (Å²) in [6.45, 7) is 7.72. The summed E-state index contributed by atoms with van der Waals surface area (Å²) in [6.07, 6.45) is -0.274. The number of ether oxygens (including phenoxy) is 1. The molecule has 0 fully saturated rings. The third-order valence-electron chi connectivity index (χ3n) is 2.45. The summed E-state index contributed by atoms with van der Waals surface area (Å²) in [5, 5.41) is 12.8. The van der Waals surface area contributed by atoms with E-state index in [2.05, 4.69) is 36.5 Å². The van der Waals surface area contributed by atoms with Crippen LogP contribution in [0.15, 0.2) is 24.3 Å². The average Bonchev–Trinajstić information content (AvgIpc) is 2.29. The molecule has 0 amide bonds. The Hall–Kier alpha value is -0.900. The summed E-state index contributed by atoms with van der Waals surface area (Å²) in [5.74, 6) is 0. The second kappa shape index (κ2) is 7.43. The number of benzene rings is 1. The Morgan fingerprint density at radius 1 is 1.24 bits per heavy atom. The van der Waals surface area contributed by atoms with Gasteiger partial charge >= 0.3 is 0 Å². The van der Waals surface area contributed by atoms with Crippen LogP contribution in [0, 0.1) is 6.92 Å². The molecular weight excluding hydrogens is 214 g/mol. The molecule has 1 rings (SSSR count). The molecule has 0 radical (unpaired) electrons. The molecule has 0 saturated carbocycles. The van der Waals surface area contributed by atoms with Gasteiger partial charge in [-0.1, -0.05) is 29.8 Å². The highest BCUT2D eigenvalue weighted by Gasteiger charge is 2.04. The van der Waals surface area contributed by atoms with E-state index in [-0.39, 0.29) is 6.10 Å². The summed E-state index contributed by atoms with van der Waals surface area (Å²) in [4.78, 5) is 0. The zero-order valence-corrected chi connectivity index (χ0v) is 10.9. The second-order valence-corrected chi connectivity index (χ2v) is 4.65. The van der Waals surface area contributed by atoms with Crippen molar-refractivity contribution in [3.05, 3.63) is 35.4 Å². The lowest BCUT2D eigenvalue weighted by molar-refractivity contribution is 0.00630. The molecule has 0 saturated heterocycles. The Balaban J connectivity index is 2.16. The van der Waals surface area contributed by atoms with Crippen molar-refractivity contribution in [3.8, 4) is 0 Å². The van der Waals surface area contributed by atoms with Gasteiger partial charge in [-0.3, -0.25) is 0 Å². The van der Waals surface area contributed by atoms with Crippen molar-refractivity contribution in [1.82, 2.24) is 5.32 Å². The fourth-order valence-electron chi connectivity index (χ4n) is 1.45. The van der Waals surface area contributed by atoms with Crippen molar-refractivity contribution in [2.24, 2.45) is 0 Å². The van der Waals surface area contributed by atoms with E-state index in [0.29, 0.717) is 13.2 Å². The van der Waals surface area contributed by atoms with E-state index in [9.17, 15) is 5.11 Å². The van der Waals surface area contributed by atoms with Gasteiger partial charge in [-0.05, 0) is 26.3 Å². The number of aliphatic hydroxyl groups excluding tert-OH is 1. The van der Waals surface area contributed by atoms with Crippen molar-refractivity contribution < 1.29 is 9.84 Å². The molecule has 0 spiro atoms. The first-order valence-corrected chi connectivity index (χ1v) is 6.14. The van der Waals surface area contributed by atoms with Crippen LogP contribution in [0.25, 0.3) is 0 Å². The number of aryl methyl sites for hydroxylation is 1. The van der Waals surface area contributed by atoms with E-state index in [1.807, 2.05) is 13.8 Å². The van der Waals surface area contributed by atoms with E-state index >= 15 is 0 Å². The molecule has 0 aliphatic rings. The minimum atomic E-state index is -0.442. The summed E-state index contributed by atoms with van der Waals surface area (Å²) in [7, 11) is 0. The van der Waals surface area contributed by atoms with Crippen molar-refractivity contribution in [1.29, 1.82) is 0 Å². The molecular formula is C14H23NO2. The van der Waals surface area contributed by atoms with Gasteiger partial charge < -0.3 is 15.2 Å². The Morgan fingerprint density at radius 2 is 1.88 bits per heavy atom. The van der Waals surface area contributed by atoms with E-state index in [4.69, 9.17) is 4.74 Å². The molecule has 3 nitrogen and oxygen atoms in total. The highest BCUT2D eigenvalue weighted by Crippen LogP contribution is 2.02. The van der Waals surface area contributed by atoms with Crippen molar-refractivity contribution in [2.75, 3.05) is 13.2 Å². The molecule has 1 aromatic carbocycles. The predicted octanol–water partition coefficient (Wildman–Crippen LogP) is 1.87. The minimum Gasteiger partial charge on any atom is -0.389 e. The van der Waals surface area contributed by atoms with Crippen LogP contribution in [0.1, 0.15) is 25.0 Å². The number of nitrogens with one attached hydrogen (secondary N) is 1. The smallest absolute Gasteiger partial charge is 0.0897 e. The summed E-state index contributed by atoms with van der Waals surface area (Å²) in [6, 6.07) is 8.38. The molecule has 1 unspecified atom stereocenters. The predicted molar refractivity (Wildman–Crippen MR) is 70.0 cm³/mol.